The standard InChI is InChI=1S/C11H14O3/c12-9-5-7-6-14-10(13)11(7)4-2-1-3-8(9)11/h7-8H,1-6H2/t7-,8+,11+/m1/s1. The van der Waals surface area contributed by atoms with Crippen molar-refractivity contribution in [2.45, 2.75) is 32.1 Å². The average molecular weight is 194 g/mol. The lowest BCUT2D eigenvalue weighted by Crippen LogP contribution is -2.39. The molecule has 14 heavy (non-hydrogen) atoms. The van der Waals surface area contributed by atoms with Crippen molar-refractivity contribution >= 4 is 11.8 Å². The van der Waals surface area contributed by atoms with Crippen LogP contribution in [0.2, 0.25) is 0 Å². The van der Waals surface area contributed by atoms with Gasteiger partial charge in [0.25, 0.3) is 0 Å². The summed E-state index contributed by atoms with van der Waals surface area (Å²) < 4.78 is 5.14. The molecule has 3 aliphatic rings. The molecule has 0 aromatic heterocycles. The Morgan fingerprint density at radius 1 is 1.29 bits per heavy atom. The van der Waals surface area contributed by atoms with Gasteiger partial charge in [0.15, 0.2) is 0 Å². The smallest absolute Gasteiger partial charge is 0.313 e. The Morgan fingerprint density at radius 2 is 2.14 bits per heavy atom. The molecule has 0 N–H and O–H groups in total. The number of rotatable bonds is 0. The lowest BCUT2D eigenvalue weighted by molar-refractivity contribution is -0.152. The molecule has 2 aliphatic carbocycles. The van der Waals surface area contributed by atoms with Crippen LogP contribution in [0.5, 0.6) is 0 Å². The van der Waals surface area contributed by atoms with E-state index < -0.39 is 0 Å². The molecule has 1 heterocycles. The number of esters is 1. The number of hydrogen-bond donors (Lipinski definition) is 0. The molecule has 1 spiro atoms. The van der Waals surface area contributed by atoms with Crippen molar-refractivity contribution in [1.82, 2.24) is 0 Å². The maximum atomic E-state index is 11.8. The van der Waals surface area contributed by atoms with Gasteiger partial charge in [-0.15, -0.1) is 0 Å². The highest BCUT2D eigenvalue weighted by Gasteiger charge is 2.64. The summed E-state index contributed by atoms with van der Waals surface area (Å²) in [4.78, 5) is 23.5. The Kier molecular flexibility index (Phi) is 1.56. The monoisotopic (exact) mass is 194 g/mol. The Bertz CT molecular complexity index is 310. The number of carbonyl (C=O) groups excluding carboxylic acids is 2. The third-order valence-corrected chi connectivity index (χ3v) is 4.32. The molecule has 2 saturated carbocycles. The molecular weight excluding hydrogens is 180 g/mol. The first kappa shape index (κ1) is 8.45. The van der Waals surface area contributed by atoms with Crippen LogP contribution in [-0.2, 0) is 14.3 Å². The SMILES string of the molecule is O=C1C[C@@H]2COC(=O)[C@@]23CCCC[C@@H]13. The van der Waals surface area contributed by atoms with Crippen molar-refractivity contribution in [3.63, 3.8) is 0 Å². The van der Waals surface area contributed by atoms with E-state index in [0.717, 1.165) is 25.7 Å². The summed E-state index contributed by atoms with van der Waals surface area (Å²) in [5.41, 5.74) is -0.380. The van der Waals surface area contributed by atoms with Crippen molar-refractivity contribution in [1.29, 1.82) is 0 Å². The quantitative estimate of drug-likeness (QED) is 0.546. The van der Waals surface area contributed by atoms with E-state index in [9.17, 15) is 9.59 Å². The molecule has 0 unspecified atom stereocenters. The molecule has 3 heteroatoms. The molecule has 3 nitrogen and oxygen atoms in total. The molecule has 1 aliphatic heterocycles. The van der Waals surface area contributed by atoms with E-state index >= 15 is 0 Å². The van der Waals surface area contributed by atoms with Crippen molar-refractivity contribution < 1.29 is 14.3 Å². The second-order valence-corrected chi connectivity index (χ2v) is 4.80. The first-order valence-corrected chi connectivity index (χ1v) is 5.45. The van der Waals surface area contributed by atoms with E-state index in [4.69, 9.17) is 4.74 Å². The van der Waals surface area contributed by atoms with Crippen LogP contribution in [0.3, 0.4) is 0 Å². The van der Waals surface area contributed by atoms with E-state index in [-0.39, 0.29) is 23.2 Å². The molecule has 3 atom stereocenters. The summed E-state index contributed by atoms with van der Waals surface area (Å²) in [6.45, 7) is 0.487. The molecule has 3 fully saturated rings. The average Bonchev–Trinajstić information content (AvgIpc) is 2.64. The predicted molar refractivity (Wildman–Crippen MR) is 48.5 cm³/mol. The van der Waals surface area contributed by atoms with Gasteiger partial charge in [-0.05, 0) is 12.8 Å². The third kappa shape index (κ3) is 0.787. The number of carbonyl (C=O) groups is 2. The highest BCUT2D eigenvalue weighted by atomic mass is 16.5. The van der Waals surface area contributed by atoms with Crippen molar-refractivity contribution in [2.24, 2.45) is 17.3 Å². The zero-order valence-corrected chi connectivity index (χ0v) is 8.12. The normalized spacial score (nSPS) is 46.0. The largest absolute Gasteiger partial charge is 0.465 e. The van der Waals surface area contributed by atoms with Crippen molar-refractivity contribution in [3.8, 4) is 0 Å². The lowest BCUT2D eigenvalue weighted by Gasteiger charge is -2.34. The van der Waals surface area contributed by atoms with E-state index in [1.165, 1.54) is 0 Å². The summed E-state index contributed by atoms with van der Waals surface area (Å²) in [5.74, 6) is 0.424. The summed E-state index contributed by atoms with van der Waals surface area (Å²) in [6, 6.07) is 0. The molecule has 0 aromatic carbocycles. The zero-order valence-electron chi connectivity index (χ0n) is 8.12. The van der Waals surface area contributed by atoms with Gasteiger partial charge in [0.2, 0.25) is 0 Å². The van der Waals surface area contributed by atoms with E-state index in [1.807, 2.05) is 0 Å². The predicted octanol–water partition coefficient (Wildman–Crippen LogP) is 1.31. The first-order valence-electron chi connectivity index (χ1n) is 5.45. The van der Waals surface area contributed by atoms with Gasteiger partial charge in [-0.1, -0.05) is 12.8 Å². The van der Waals surface area contributed by atoms with E-state index in [0.29, 0.717) is 18.8 Å². The first-order chi connectivity index (χ1) is 6.75. The molecule has 0 radical (unpaired) electrons. The van der Waals surface area contributed by atoms with Crippen LogP contribution in [0.15, 0.2) is 0 Å². The number of hydrogen-bond acceptors (Lipinski definition) is 3. The van der Waals surface area contributed by atoms with Crippen LogP contribution in [-0.4, -0.2) is 18.4 Å². The van der Waals surface area contributed by atoms with Gasteiger partial charge in [-0.3, -0.25) is 9.59 Å². The lowest BCUT2D eigenvalue weighted by atomic mass is 9.65. The maximum absolute atomic E-state index is 11.8. The fraction of sp³-hybridized carbons (Fsp3) is 0.818. The van der Waals surface area contributed by atoms with Crippen molar-refractivity contribution in [2.75, 3.05) is 6.61 Å². The van der Waals surface area contributed by atoms with Crippen LogP contribution in [0.1, 0.15) is 32.1 Å². The number of cyclic esters (lactones) is 1. The molecule has 0 bridgehead atoms. The van der Waals surface area contributed by atoms with Crippen molar-refractivity contribution in [3.05, 3.63) is 0 Å². The van der Waals surface area contributed by atoms with Crippen LogP contribution >= 0.6 is 0 Å². The second kappa shape index (κ2) is 2.59. The summed E-state index contributed by atoms with van der Waals surface area (Å²) in [6.07, 6.45) is 4.54. The Morgan fingerprint density at radius 3 is 3.00 bits per heavy atom. The zero-order chi connectivity index (χ0) is 9.76. The Hall–Kier alpha value is -0.860. The van der Waals surface area contributed by atoms with Crippen LogP contribution in [0.25, 0.3) is 0 Å². The topological polar surface area (TPSA) is 43.4 Å². The number of ketones is 1. The van der Waals surface area contributed by atoms with Gasteiger partial charge in [-0.25, -0.2) is 0 Å². The second-order valence-electron chi connectivity index (χ2n) is 4.80. The third-order valence-electron chi connectivity index (χ3n) is 4.32. The van der Waals surface area contributed by atoms with Crippen LogP contribution in [0.4, 0.5) is 0 Å². The molecule has 76 valence electrons. The fourth-order valence-electron chi connectivity index (χ4n) is 3.63. The number of ether oxygens (including phenoxy) is 1. The minimum absolute atomic E-state index is 0.00347. The van der Waals surface area contributed by atoms with E-state index in [2.05, 4.69) is 0 Å². The fourth-order valence-corrected chi connectivity index (χ4v) is 3.63. The highest BCUT2D eigenvalue weighted by molar-refractivity contribution is 5.95. The Balaban J connectivity index is 2.06. The molecular formula is C11H14O3. The van der Waals surface area contributed by atoms with Gasteiger partial charge in [0.1, 0.15) is 5.78 Å². The van der Waals surface area contributed by atoms with Gasteiger partial charge in [0, 0.05) is 18.3 Å². The minimum atomic E-state index is -0.380. The minimum Gasteiger partial charge on any atom is -0.465 e. The number of Topliss-reactive ketones (excluding diaryl/α,β-unsaturated/α-hetero) is 1. The molecule has 0 aromatic rings. The van der Waals surface area contributed by atoms with Crippen LogP contribution in [0, 0.1) is 17.3 Å². The van der Waals surface area contributed by atoms with Gasteiger partial charge in [-0.2, -0.15) is 0 Å². The van der Waals surface area contributed by atoms with Gasteiger partial charge >= 0.3 is 5.97 Å². The van der Waals surface area contributed by atoms with Gasteiger partial charge in [0.05, 0.1) is 12.0 Å². The summed E-state index contributed by atoms with van der Waals surface area (Å²) >= 11 is 0. The highest BCUT2D eigenvalue weighted by Crippen LogP contribution is 2.57. The Labute approximate surface area is 82.8 Å². The molecule has 3 rings (SSSR count). The van der Waals surface area contributed by atoms with E-state index in [1.54, 1.807) is 0 Å². The molecule has 1 saturated heterocycles. The van der Waals surface area contributed by atoms with Crippen LogP contribution < -0.4 is 0 Å². The molecule has 0 amide bonds. The van der Waals surface area contributed by atoms with Gasteiger partial charge < -0.3 is 4.74 Å². The summed E-state index contributed by atoms with van der Waals surface area (Å²) in [5, 5.41) is 0. The summed E-state index contributed by atoms with van der Waals surface area (Å²) in [7, 11) is 0. The maximum Gasteiger partial charge on any atom is 0.313 e.